The van der Waals surface area contributed by atoms with Gasteiger partial charge in [-0.3, -0.25) is 9.97 Å². The van der Waals surface area contributed by atoms with Crippen LogP contribution in [0.2, 0.25) is 5.02 Å². The van der Waals surface area contributed by atoms with Crippen molar-refractivity contribution in [2.24, 2.45) is 0 Å². The lowest BCUT2D eigenvalue weighted by Gasteiger charge is -2.11. The second-order valence-electron chi connectivity index (χ2n) is 4.87. The van der Waals surface area contributed by atoms with Gasteiger partial charge in [-0.1, -0.05) is 11.6 Å². The second-order valence-corrected chi connectivity index (χ2v) is 5.31. The average molecular weight is 314 g/mol. The van der Waals surface area contributed by atoms with Gasteiger partial charge in [-0.05, 0) is 48.9 Å². The van der Waals surface area contributed by atoms with Crippen molar-refractivity contribution in [3.05, 3.63) is 71.4 Å². The topological polar surface area (TPSA) is 37.8 Å². The van der Waals surface area contributed by atoms with Crippen LogP contribution in [0.3, 0.4) is 0 Å². The number of hydrogen-bond donors (Lipinski definition) is 1. The molecular weight excluding hydrogens is 301 g/mol. The van der Waals surface area contributed by atoms with E-state index in [-0.39, 0.29) is 5.82 Å². The maximum absolute atomic E-state index is 14.0. The minimum Gasteiger partial charge on any atom is -0.355 e. The van der Waals surface area contributed by atoms with Gasteiger partial charge in [-0.15, -0.1) is 0 Å². The predicted octanol–water partition coefficient (Wildman–Crippen LogP) is 4.99. The molecular formula is C17H13ClFN3. The van der Waals surface area contributed by atoms with E-state index in [1.807, 2.05) is 25.1 Å². The van der Waals surface area contributed by atoms with E-state index in [2.05, 4.69) is 15.3 Å². The lowest BCUT2D eigenvalue weighted by Crippen LogP contribution is -1.96. The van der Waals surface area contributed by atoms with Gasteiger partial charge in [0, 0.05) is 40.6 Å². The summed E-state index contributed by atoms with van der Waals surface area (Å²) in [4.78, 5) is 8.28. The Hall–Kier alpha value is -2.46. The molecule has 0 spiro atoms. The first kappa shape index (κ1) is 14.5. The minimum absolute atomic E-state index is 0.351. The summed E-state index contributed by atoms with van der Waals surface area (Å²) in [6, 6.07) is 9.97. The number of nitrogens with one attached hydrogen (secondary N) is 1. The zero-order valence-corrected chi connectivity index (χ0v) is 12.6. The fourth-order valence-electron chi connectivity index (χ4n) is 2.09. The first-order chi connectivity index (χ1) is 10.6. The highest BCUT2D eigenvalue weighted by Gasteiger charge is 2.10. The molecule has 0 saturated carbocycles. The molecule has 3 nitrogen and oxygen atoms in total. The standard InChI is InChI=1S/C17H13ClFN3/c1-11-10-21-17(14-8-12(18)2-3-15(14)19)9-16(11)22-13-4-6-20-7-5-13/h2-10H,1H3,(H,20,21,22). The number of nitrogens with zero attached hydrogens (tertiary/aromatic N) is 2. The quantitative estimate of drug-likeness (QED) is 0.740. The van der Waals surface area contributed by atoms with E-state index in [0.717, 1.165) is 16.9 Å². The molecule has 3 rings (SSSR count). The van der Waals surface area contributed by atoms with Crippen LogP contribution in [0.25, 0.3) is 11.3 Å². The predicted molar refractivity (Wildman–Crippen MR) is 86.9 cm³/mol. The van der Waals surface area contributed by atoms with Crippen LogP contribution >= 0.6 is 11.6 Å². The number of benzene rings is 1. The van der Waals surface area contributed by atoms with Gasteiger partial charge in [0.1, 0.15) is 5.82 Å². The highest BCUT2D eigenvalue weighted by atomic mass is 35.5. The molecule has 0 aliphatic heterocycles. The SMILES string of the molecule is Cc1cnc(-c2cc(Cl)ccc2F)cc1Nc1ccncc1. The van der Waals surface area contributed by atoms with E-state index in [1.165, 1.54) is 12.1 Å². The van der Waals surface area contributed by atoms with Crippen molar-refractivity contribution in [2.75, 3.05) is 5.32 Å². The van der Waals surface area contributed by atoms with Crippen LogP contribution < -0.4 is 5.32 Å². The molecule has 22 heavy (non-hydrogen) atoms. The van der Waals surface area contributed by atoms with Crippen LogP contribution in [0.4, 0.5) is 15.8 Å². The Balaban J connectivity index is 2.01. The molecule has 0 radical (unpaired) electrons. The van der Waals surface area contributed by atoms with Crippen molar-refractivity contribution in [3.8, 4) is 11.3 Å². The molecule has 1 aromatic carbocycles. The summed E-state index contributed by atoms with van der Waals surface area (Å²) in [5, 5.41) is 3.76. The van der Waals surface area contributed by atoms with Gasteiger partial charge in [0.05, 0.1) is 5.69 Å². The van der Waals surface area contributed by atoms with Gasteiger partial charge in [0.15, 0.2) is 0 Å². The number of anilines is 2. The lowest BCUT2D eigenvalue weighted by atomic mass is 10.1. The van der Waals surface area contributed by atoms with Crippen molar-refractivity contribution >= 4 is 23.0 Å². The van der Waals surface area contributed by atoms with E-state index >= 15 is 0 Å². The summed E-state index contributed by atoms with van der Waals surface area (Å²) in [6.07, 6.45) is 5.12. The van der Waals surface area contributed by atoms with Gasteiger partial charge >= 0.3 is 0 Å². The Morgan fingerprint density at radius 2 is 1.86 bits per heavy atom. The maximum Gasteiger partial charge on any atom is 0.132 e. The normalized spacial score (nSPS) is 10.5. The highest BCUT2D eigenvalue weighted by molar-refractivity contribution is 6.30. The lowest BCUT2D eigenvalue weighted by molar-refractivity contribution is 0.631. The van der Waals surface area contributed by atoms with Crippen molar-refractivity contribution in [3.63, 3.8) is 0 Å². The summed E-state index contributed by atoms with van der Waals surface area (Å²) in [7, 11) is 0. The van der Waals surface area contributed by atoms with Crippen LogP contribution in [0, 0.1) is 12.7 Å². The molecule has 2 aromatic heterocycles. The van der Waals surface area contributed by atoms with Crippen LogP contribution in [0.15, 0.2) is 55.0 Å². The summed E-state index contributed by atoms with van der Waals surface area (Å²) < 4.78 is 14.0. The number of rotatable bonds is 3. The zero-order chi connectivity index (χ0) is 15.5. The Morgan fingerprint density at radius 3 is 2.64 bits per heavy atom. The molecule has 110 valence electrons. The first-order valence-electron chi connectivity index (χ1n) is 6.72. The monoisotopic (exact) mass is 313 g/mol. The highest BCUT2D eigenvalue weighted by Crippen LogP contribution is 2.28. The molecule has 3 aromatic rings. The molecule has 0 aliphatic carbocycles. The van der Waals surface area contributed by atoms with Crippen molar-refractivity contribution in [1.82, 2.24) is 9.97 Å². The Labute approximate surface area is 132 Å². The third kappa shape index (κ3) is 3.07. The Bertz CT molecular complexity index is 806. The van der Waals surface area contributed by atoms with E-state index in [0.29, 0.717) is 16.3 Å². The third-order valence-corrected chi connectivity index (χ3v) is 3.50. The van der Waals surface area contributed by atoms with Crippen LogP contribution in [0.1, 0.15) is 5.56 Å². The molecule has 2 heterocycles. The molecule has 0 fully saturated rings. The van der Waals surface area contributed by atoms with E-state index in [1.54, 1.807) is 24.7 Å². The molecule has 0 amide bonds. The summed E-state index contributed by atoms with van der Waals surface area (Å²) in [6.45, 7) is 1.94. The van der Waals surface area contributed by atoms with Crippen LogP contribution in [0.5, 0.6) is 0 Å². The largest absolute Gasteiger partial charge is 0.355 e. The summed E-state index contributed by atoms with van der Waals surface area (Å²) in [5.41, 5.74) is 3.63. The number of aryl methyl sites for hydroxylation is 1. The second kappa shape index (κ2) is 6.12. The van der Waals surface area contributed by atoms with E-state index < -0.39 is 0 Å². The molecule has 1 N–H and O–H groups in total. The van der Waals surface area contributed by atoms with Gasteiger partial charge in [0.25, 0.3) is 0 Å². The van der Waals surface area contributed by atoms with Crippen LogP contribution in [-0.2, 0) is 0 Å². The van der Waals surface area contributed by atoms with Gasteiger partial charge in [0.2, 0.25) is 0 Å². The van der Waals surface area contributed by atoms with Gasteiger partial charge in [-0.2, -0.15) is 0 Å². The first-order valence-corrected chi connectivity index (χ1v) is 7.10. The molecule has 0 saturated heterocycles. The molecule has 0 bridgehead atoms. The Morgan fingerprint density at radius 1 is 1.09 bits per heavy atom. The summed E-state index contributed by atoms with van der Waals surface area (Å²) in [5.74, 6) is -0.351. The molecule has 0 aliphatic rings. The third-order valence-electron chi connectivity index (χ3n) is 3.27. The van der Waals surface area contributed by atoms with Crippen molar-refractivity contribution in [1.29, 1.82) is 0 Å². The summed E-state index contributed by atoms with van der Waals surface area (Å²) >= 11 is 5.95. The molecule has 5 heteroatoms. The Kier molecular flexibility index (Phi) is 4.02. The van der Waals surface area contributed by atoms with Crippen LogP contribution in [-0.4, -0.2) is 9.97 Å². The number of pyridine rings is 2. The van der Waals surface area contributed by atoms with Crippen molar-refractivity contribution < 1.29 is 4.39 Å². The van der Waals surface area contributed by atoms with Gasteiger partial charge < -0.3 is 5.32 Å². The zero-order valence-electron chi connectivity index (χ0n) is 11.8. The van der Waals surface area contributed by atoms with Gasteiger partial charge in [-0.25, -0.2) is 4.39 Å². The van der Waals surface area contributed by atoms with E-state index in [9.17, 15) is 4.39 Å². The molecule has 0 atom stereocenters. The fourth-order valence-corrected chi connectivity index (χ4v) is 2.26. The maximum atomic E-state index is 14.0. The average Bonchev–Trinajstić information content (AvgIpc) is 2.53. The number of hydrogen-bond acceptors (Lipinski definition) is 3. The number of aromatic nitrogens is 2. The molecule has 0 unspecified atom stereocenters. The van der Waals surface area contributed by atoms with Crippen molar-refractivity contribution in [2.45, 2.75) is 6.92 Å². The van der Waals surface area contributed by atoms with E-state index in [4.69, 9.17) is 11.6 Å². The minimum atomic E-state index is -0.351. The smallest absolute Gasteiger partial charge is 0.132 e. The number of halogens is 2. The fraction of sp³-hybridized carbons (Fsp3) is 0.0588.